The van der Waals surface area contributed by atoms with E-state index in [-0.39, 0.29) is 24.6 Å². The van der Waals surface area contributed by atoms with Crippen LogP contribution in [-0.4, -0.2) is 16.6 Å². The van der Waals surface area contributed by atoms with E-state index in [1.807, 2.05) is 42.5 Å². The van der Waals surface area contributed by atoms with Crippen molar-refractivity contribution in [2.24, 2.45) is 0 Å². The first-order valence-corrected chi connectivity index (χ1v) is 10.7. The van der Waals surface area contributed by atoms with Gasteiger partial charge in [0.15, 0.2) is 5.69 Å². The first-order chi connectivity index (χ1) is 16.3. The molecule has 0 aliphatic carbocycles. The van der Waals surface area contributed by atoms with Crippen molar-refractivity contribution in [2.75, 3.05) is 12.4 Å². The number of rotatable bonds is 8. The van der Waals surface area contributed by atoms with E-state index >= 15 is 0 Å². The van der Waals surface area contributed by atoms with Gasteiger partial charge in [-0.3, -0.25) is 0 Å². The summed E-state index contributed by atoms with van der Waals surface area (Å²) in [6.07, 6.45) is -4.66. The molecule has 1 N–H and O–H groups in total. The number of benzene rings is 3. The molecule has 0 atom stereocenters. The molecule has 34 heavy (non-hydrogen) atoms. The number of ether oxygens (including phenoxy) is 1. The minimum atomic E-state index is -4.62. The van der Waals surface area contributed by atoms with Crippen molar-refractivity contribution in [3.63, 3.8) is 0 Å². The fraction of sp³-hybridized carbons (Fsp3) is 0.192. The highest BCUT2D eigenvalue weighted by Crippen LogP contribution is 2.35. The van der Waals surface area contributed by atoms with Crippen LogP contribution >= 0.6 is 0 Å². The van der Waals surface area contributed by atoms with Crippen LogP contribution < -0.4 is 10.1 Å². The SMILES string of the molecule is CNc1nc(C(F)(F)F)c(Cc2ccc(F)cc2)n1Cc1ccc(OCc2ccccc2)cc1. The normalized spacial score (nSPS) is 11.4. The van der Waals surface area contributed by atoms with E-state index in [0.717, 1.165) is 11.1 Å². The lowest BCUT2D eigenvalue weighted by Crippen LogP contribution is -2.13. The highest BCUT2D eigenvalue weighted by Gasteiger charge is 2.38. The molecular weight excluding hydrogens is 446 g/mol. The third kappa shape index (κ3) is 5.57. The van der Waals surface area contributed by atoms with Crippen LogP contribution in [0.5, 0.6) is 5.75 Å². The minimum absolute atomic E-state index is 0.00728. The largest absolute Gasteiger partial charge is 0.489 e. The molecule has 3 aromatic carbocycles. The van der Waals surface area contributed by atoms with Crippen molar-refractivity contribution in [1.82, 2.24) is 9.55 Å². The molecule has 0 aliphatic heterocycles. The second kappa shape index (κ2) is 9.99. The summed E-state index contributed by atoms with van der Waals surface area (Å²) >= 11 is 0. The van der Waals surface area contributed by atoms with Crippen LogP contribution in [-0.2, 0) is 25.7 Å². The summed E-state index contributed by atoms with van der Waals surface area (Å²) in [4.78, 5) is 3.82. The maximum absolute atomic E-state index is 13.8. The van der Waals surface area contributed by atoms with Gasteiger partial charge in [0.05, 0.1) is 12.2 Å². The zero-order valence-corrected chi connectivity index (χ0v) is 18.4. The Hall–Kier alpha value is -3.81. The molecule has 0 aliphatic rings. The van der Waals surface area contributed by atoms with Crippen LogP contribution in [0.15, 0.2) is 78.9 Å². The van der Waals surface area contributed by atoms with Crippen molar-refractivity contribution < 1.29 is 22.3 Å². The van der Waals surface area contributed by atoms with E-state index in [0.29, 0.717) is 17.9 Å². The van der Waals surface area contributed by atoms with Crippen LogP contribution in [0.3, 0.4) is 0 Å². The number of nitrogens with one attached hydrogen (secondary N) is 1. The summed E-state index contributed by atoms with van der Waals surface area (Å²) in [6.45, 7) is 0.594. The summed E-state index contributed by atoms with van der Waals surface area (Å²) in [6, 6.07) is 22.4. The van der Waals surface area contributed by atoms with Gasteiger partial charge in [-0.05, 0) is 41.0 Å². The monoisotopic (exact) mass is 469 g/mol. The highest BCUT2D eigenvalue weighted by molar-refractivity contribution is 5.39. The lowest BCUT2D eigenvalue weighted by atomic mass is 10.1. The van der Waals surface area contributed by atoms with Gasteiger partial charge in [-0.25, -0.2) is 9.37 Å². The average molecular weight is 469 g/mol. The Labute approximate surface area is 194 Å². The van der Waals surface area contributed by atoms with E-state index in [4.69, 9.17) is 4.74 Å². The quantitative estimate of drug-likeness (QED) is 0.308. The molecule has 0 radical (unpaired) electrons. The van der Waals surface area contributed by atoms with Crippen LogP contribution in [0, 0.1) is 5.82 Å². The van der Waals surface area contributed by atoms with Crippen LogP contribution in [0.25, 0.3) is 0 Å². The van der Waals surface area contributed by atoms with Gasteiger partial charge in [0, 0.05) is 13.5 Å². The van der Waals surface area contributed by atoms with E-state index < -0.39 is 17.7 Å². The lowest BCUT2D eigenvalue weighted by Gasteiger charge is -2.14. The first-order valence-electron chi connectivity index (χ1n) is 10.7. The van der Waals surface area contributed by atoms with Crippen molar-refractivity contribution in [3.05, 3.63) is 113 Å². The number of nitrogens with zero attached hydrogens (tertiary/aromatic N) is 2. The summed E-state index contributed by atoms with van der Waals surface area (Å²) < 4.78 is 61.9. The first kappa shape index (κ1) is 23.4. The summed E-state index contributed by atoms with van der Waals surface area (Å²) in [5.41, 5.74) is 1.43. The second-order valence-corrected chi connectivity index (χ2v) is 7.79. The lowest BCUT2D eigenvalue weighted by molar-refractivity contribution is -0.141. The third-order valence-corrected chi connectivity index (χ3v) is 5.36. The maximum Gasteiger partial charge on any atom is 0.435 e. The van der Waals surface area contributed by atoms with Gasteiger partial charge >= 0.3 is 6.18 Å². The smallest absolute Gasteiger partial charge is 0.435 e. The minimum Gasteiger partial charge on any atom is -0.489 e. The van der Waals surface area contributed by atoms with Gasteiger partial charge in [0.2, 0.25) is 5.95 Å². The molecule has 4 nitrogen and oxygen atoms in total. The molecule has 0 amide bonds. The summed E-state index contributed by atoms with van der Waals surface area (Å²) in [5, 5.41) is 2.76. The standard InChI is InChI=1S/C26H23F4N3O/c1-31-25-32-24(26(28,29)30)23(15-18-7-11-21(27)12-8-18)33(25)16-19-9-13-22(14-10-19)34-17-20-5-3-2-4-6-20/h2-14H,15-17H2,1H3,(H,31,32). The van der Waals surface area contributed by atoms with Crippen molar-refractivity contribution in [1.29, 1.82) is 0 Å². The molecule has 0 unspecified atom stereocenters. The van der Waals surface area contributed by atoms with E-state index in [1.165, 1.54) is 35.9 Å². The summed E-state index contributed by atoms with van der Waals surface area (Å²) in [5.74, 6) is 0.322. The molecule has 0 spiro atoms. The molecule has 0 bridgehead atoms. The fourth-order valence-corrected chi connectivity index (χ4v) is 3.66. The van der Waals surface area contributed by atoms with Gasteiger partial charge < -0.3 is 14.6 Å². The maximum atomic E-state index is 13.8. The van der Waals surface area contributed by atoms with Crippen molar-refractivity contribution in [2.45, 2.75) is 25.7 Å². The number of alkyl halides is 3. The van der Waals surface area contributed by atoms with Crippen molar-refractivity contribution in [3.8, 4) is 5.75 Å². The molecule has 176 valence electrons. The van der Waals surface area contributed by atoms with Crippen LogP contribution in [0.4, 0.5) is 23.5 Å². The van der Waals surface area contributed by atoms with Gasteiger partial charge in [0.1, 0.15) is 18.2 Å². The Morgan fingerprint density at radius 3 is 2.12 bits per heavy atom. The molecular formula is C26H23F4N3O. The van der Waals surface area contributed by atoms with E-state index in [9.17, 15) is 17.6 Å². The number of halogens is 4. The Balaban J connectivity index is 1.58. The topological polar surface area (TPSA) is 39.1 Å². The number of anilines is 1. The Bertz CT molecular complexity index is 1220. The number of imidazole rings is 1. The van der Waals surface area contributed by atoms with Crippen molar-refractivity contribution >= 4 is 5.95 Å². The zero-order valence-electron chi connectivity index (χ0n) is 18.4. The fourth-order valence-electron chi connectivity index (χ4n) is 3.66. The predicted molar refractivity (Wildman–Crippen MR) is 122 cm³/mol. The molecule has 1 heterocycles. The molecule has 4 aromatic rings. The second-order valence-electron chi connectivity index (χ2n) is 7.79. The van der Waals surface area contributed by atoms with E-state index in [1.54, 1.807) is 12.1 Å². The van der Waals surface area contributed by atoms with Crippen LogP contribution in [0.2, 0.25) is 0 Å². The van der Waals surface area contributed by atoms with Gasteiger partial charge in [-0.15, -0.1) is 0 Å². The molecule has 4 rings (SSSR count). The highest BCUT2D eigenvalue weighted by atomic mass is 19.4. The van der Waals surface area contributed by atoms with E-state index in [2.05, 4.69) is 10.3 Å². The number of aromatic nitrogens is 2. The van der Waals surface area contributed by atoms with Gasteiger partial charge in [-0.2, -0.15) is 13.2 Å². The Morgan fingerprint density at radius 1 is 0.853 bits per heavy atom. The Kier molecular flexibility index (Phi) is 6.86. The predicted octanol–water partition coefficient (Wildman–Crippen LogP) is 6.30. The van der Waals surface area contributed by atoms with Gasteiger partial charge in [0.25, 0.3) is 0 Å². The molecule has 0 saturated heterocycles. The van der Waals surface area contributed by atoms with Gasteiger partial charge in [-0.1, -0.05) is 54.6 Å². The average Bonchev–Trinajstić information content (AvgIpc) is 3.18. The summed E-state index contributed by atoms with van der Waals surface area (Å²) in [7, 11) is 1.53. The molecule has 1 aromatic heterocycles. The van der Waals surface area contributed by atoms with Crippen LogP contribution in [0.1, 0.15) is 28.1 Å². The Morgan fingerprint density at radius 2 is 1.50 bits per heavy atom. The number of hydrogen-bond donors (Lipinski definition) is 1. The molecule has 8 heteroatoms. The third-order valence-electron chi connectivity index (χ3n) is 5.36. The number of hydrogen-bond acceptors (Lipinski definition) is 3. The zero-order chi connectivity index (χ0) is 24.1. The molecule has 0 fully saturated rings. The molecule has 0 saturated carbocycles.